The van der Waals surface area contributed by atoms with Crippen molar-refractivity contribution in [2.24, 2.45) is 5.73 Å². The van der Waals surface area contributed by atoms with Crippen LogP contribution in [-0.4, -0.2) is 4.98 Å². The summed E-state index contributed by atoms with van der Waals surface area (Å²) in [4.78, 5) is 4.08. The lowest BCUT2D eigenvalue weighted by Crippen LogP contribution is -2.28. The number of halogens is 3. The van der Waals surface area contributed by atoms with Gasteiger partial charge in [-0.1, -0.05) is 0 Å². The summed E-state index contributed by atoms with van der Waals surface area (Å²) in [5.41, 5.74) is 7.53. The Morgan fingerprint density at radius 3 is 2.43 bits per heavy atom. The topological polar surface area (TPSA) is 38.9 Å². The second kappa shape index (κ2) is 6.46. The van der Waals surface area contributed by atoms with Gasteiger partial charge < -0.3 is 5.73 Å². The number of nitrogens with zero attached hydrogens (tertiary/aromatic N) is 1. The van der Waals surface area contributed by atoms with Crippen LogP contribution in [0.4, 0.5) is 0 Å². The van der Waals surface area contributed by atoms with Gasteiger partial charge >= 0.3 is 0 Å². The molecule has 82 valence electrons. The molecule has 0 radical (unpaired) electrons. The summed E-state index contributed by atoms with van der Waals surface area (Å²) in [5.74, 6) is 0.434. The lowest BCUT2D eigenvalue weighted by Gasteiger charge is -2.19. The van der Waals surface area contributed by atoms with E-state index < -0.39 is 0 Å². The largest absolute Gasteiger partial charge is 0.322 e. The van der Waals surface area contributed by atoms with Crippen molar-refractivity contribution in [3.05, 3.63) is 29.6 Å². The Labute approximate surface area is 102 Å². The fraction of sp³-hybridized carbons (Fsp3) is 0.444. The molecule has 0 fully saturated rings. The van der Waals surface area contributed by atoms with Crippen LogP contribution < -0.4 is 5.73 Å². The predicted octanol–water partition coefficient (Wildman–Crippen LogP) is 2.86. The van der Waals surface area contributed by atoms with E-state index in [1.54, 1.807) is 6.20 Å². The van der Waals surface area contributed by atoms with Crippen molar-refractivity contribution in [2.75, 3.05) is 0 Å². The van der Waals surface area contributed by atoms with Crippen molar-refractivity contribution in [1.29, 1.82) is 0 Å². The fourth-order valence-corrected chi connectivity index (χ4v) is 1.10. The molecule has 0 unspecified atom stereocenters. The van der Waals surface area contributed by atoms with Crippen molar-refractivity contribution in [3.8, 4) is 0 Å². The summed E-state index contributed by atoms with van der Waals surface area (Å²) < 4.78 is 0. The first-order chi connectivity index (χ1) is 5.54. The van der Waals surface area contributed by atoms with E-state index in [0.717, 1.165) is 11.3 Å². The van der Waals surface area contributed by atoms with Gasteiger partial charge in [0.25, 0.3) is 0 Å². The van der Waals surface area contributed by atoms with Crippen molar-refractivity contribution in [3.63, 3.8) is 0 Å². The van der Waals surface area contributed by atoms with Crippen molar-refractivity contribution < 1.29 is 0 Å². The van der Waals surface area contributed by atoms with E-state index >= 15 is 0 Å². The molecule has 1 aromatic heterocycles. The molecule has 0 aromatic carbocycles. The molecule has 1 rings (SSSR count). The van der Waals surface area contributed by atoms with Crippen LogP contribution in [0, 0.1) is 0 Å². The second-order valence-electron chi connectivity index (χ2n) is 3.39. The summed E-state index contributed by atoms with van der Waals surface area (Å²) in [6.07, 6.45) is 1.74. The lowest BCUT2D eigenvalue weighted by molar-refractivity contribution is 0.553. The highest BCUT2D eigenvalue weighted by atomic mass is 35.5. The minimum atomic E-state index is -0.316. The van der Waals surface area contributed by atoms with Crippen molar-refractivity contribution in [1.82, 2.24) is 4.98 Å². The average Bonchev–Trinajstić information content (AvgIpc) is 2.03. The van der Waals surface area contributed by atoms with Gasteiger partial charge in [-0.2, -0.15) is 0 Å². The molecule has 0 spiro atoms. The molecule has 0 saturated heterocycles. The fourth-order valence-electron chi connectivity index (χ4n) is 0.952. The highest BCUT2D eigenvalue weighted by molar-refractivity contribution is 6.16. The van der Waals surface area contributed by atoms with Crippen LogP contribution >= 0.6 is 36.4 Å². The molecule has 0 aliphatic carbocycles. The van der Waals surface area contributed by atoms with Gasteiger partial charge in [0.15, 0.2) is 0 Å². The summed E-state index contributed by atoms with van der Waals surface area (Å²) in [6.45, 7) is 3.92. The minimum absolute atomic E-state index is 0. The predicted molar refractivity (Wildman–Crippen MR) is 65.5 cm³/mol. The van der Waals surface area contributed by atoms with Gasteiger partial charge in [0.1, 0.15) is 0 Å². The monoisotopic (exact) mass is 256 g/mol. The van der Waals surface area contributed by atoms with Gasteiger partial charge in [0.2, 0.25) is 0 Å². The van der Waals surface area contributed by atoms with E-state index in [4.69, 9.17) is 17.3 Å². The zero-order valence-corrected chi connectivity index (χ0v) is 10.5. The SMILES string of the molecule is CC(C)(N)c1ccnc(CCl)c1.Cl.Cl. The molecule has 0 aliphatic heterocycles. The zero-order valence-electron chi connectivity index (χ0n) is 8.16. The van der Waals surface area contributed by atoms with E-state index in [1.807, 2.05) is 26.0 Å². The first-order valence-electron chi connectivity index (χ1n) is 3.84. The maximum absolute atomic E-state index is 5.91. The van der Waals surface area contributed by atoms with Crippen LogP contribution in [0.1, 0.15) is 25.1 Å². The molecule has 0 bridgehead atoms. The highest BCUT2D eigenvalue weighted by Crippen LogP contribution is 2.16. The minimum Gasteiger partial charge on any atom is -0.322 e. The Kier molecular flexibility index (Phi) is 7.57. The Balaban J connectivity index is 0. The number of pyridine rings is 1. The number of rotatable bonds is 2. The number of hydrogen-bond donors (Lipinski definition) is 1. The van der Waals surface area contributed by atoms with Gasteiger partial charge in [-0.15, -0.1) is 36.4 Å². The normalized spacial score (nSPS) is 10.0. The van der Waals surface area contributed by atoms with Gasteiger partial charge in [0, 0.05) is 11.7 Å². The zero-order chi connectivity index (χ0) is 9.19. The van der Waals surface area contributed by atoms with Crippen molar-refractivity contribution >= 4 is 36.4 Å². The first-order valence-corrected chi connectivity index (χ1v) is 4.38. The molecule has 0 amide bonds. The lowest BCUT2D eigenvalue weighted by atomic mass is 9.96. The van der Waals surface area contributed by atoms with E-state index in [9.17, 15) is 0 Å². The van der Waals surface area contributed by atoms with Crippen LogP contribution in [-0.2, 0) is 11.4 Å². The number of alkyl halides is 1. The summed E-state index contributed by atoms with van der Waals surface area (Å²) in [5, 5.41) is 0. The molecule has 0 saturated carbocycles. The molecule has 0 aliphatic rings. The van der Waals surface area contributed by atoms with Gasteiger partial charge in [-0.05, 0) is 31.5 Å². The van der Waals surface area contributed by atoms with Gasteiger partial charge in [-0.3, -0.25) is 4.98 Å². The maximum atomic E-state index is 5.91. The number of hydrogen-bond acceptors (Lipinski definition) is 2. The van der Waals surface area contributed by atoms with E-state index in [0.29, 0.717) is 5.88 Å². The first kappa shape index (κ1) is 16.4. The molecule has 1 aromatic rings. The summed E-state index contributed by atoms with van der Waals surface area (Å²) in [6, 6.07) is 3.85. The molecule has 5 heteroatoms. The van der Waals surface area contributed by atoms with Crippen LogP contribution in [0.15, 0.2) is 18.3 Å². The summed E-state index contributed by atoms with van der Waals surface area (Å²) in [7, 11) is 0. The van der Waals surface area contributed by atoms with E-state index in [2.05, 4.69) is 4.98 Å². The van der Waals surface area contributed by atoms with Gasteiger partial charge in [0.05, 0.1) is 11.6 Å². The Morgan fingerprint density at radius 2 is 2.00 bits per heavy atom. The van der Waals surface area contributed by atoms with E-state index in [1.165, 1.54) is 0 Å². The Hall–Kier alpha value is -0.0200. The highest BCUT2D eigenvalue weighted by Gasteiger charge is 2.13. The Morgan fingerprint density at radius 1 is 1.43 bits per heavy atom. The maximum Gasteiger partial charge on any atom is 0.0647 e. The van der Waals surface area contributed by atoms with Crippen LogP contribution in [0.2, 0.25) is 0 Å². The molecule has 2 nitrogen and oxygen atoms in total. The molecule has 0 atom stereocenters. The van der Waals surface area contributed by atoms with Crippen molar-refractivity contribution in [2.45, 2.75) is 25.3 Å². The molecule has 1 heterocycles. The molecular weight excluding hydrogens is 242 g/mol. The Bertz CT molecular complexity index is 271. The third-order valence-electron chi connectivity index (χ3n) is 1.70. The average molecular weight is 258 g/mol. The number of aromatic nitrogens is 1. The van der Waals surface area contributed by atoms with E-state index in [-0.39, 0.29) is 30.4 Å². The van der Waals surface area contributed by atoms with Crippen LogP contribution in [0.3, 0.4) is 0 Å². The quantitative estimate of drug-likeness (QED) is 0.828. The molecular formula is C9H15Cl3N2. The molecule has 14 heavy (non-hydrogen) atoms. The second-order valence-corrected chi connectivity index (χ2v) is 3.66. The smallest absolute Gasteiger partial charge is 0.0647 e. The van der Waals surface area contributed by atoms with Crippen LogP contribution in [0.25, 0.3) is 0 Å². The third kappa shape index (κ3) is 4.47. The number of nitrogens with two attached hydrogens (primary N) is 1. The molecule has 2 N–H and O–H groups in total. The van der Waals surface area contributed by atoms with Crippen LogP contribution in [0.5, 0.6) is 0 Å². The van der Waals surface area contributed by atoms with Gasteiger partial charge in [-0.25, -0.2) is 0 Å². The summed E-state index contributed by atoms with van der Waals surface area (Å²) >= 11 is 5.65. The standard InChI is InChI=1S/C9H13ClN2.2ClH/c1-9(2,11)7-3-4-12-8(5-7)6-10;;/h3-5H,6,11H2,1-2H3;2*1H. The third-order valence-corrected chi connectivity index (χ3v) is 1.97.